The molecule has 204 valence electrons. The lowest BCUT2D eigenvalue weighted by atomic mass is 9.57. The first-order chi connectivity index (χ1) is 17.8. The predicted octanol–water partition coefficient (Wildman–Crippen LogP) is 2.23. The fourth-order valence-electron chi connectivity index (χ4n) is 6.86. The van der Waals surface area contributed by atoms with Crippen LogP contribution in [0.15, 0.2) is 40.9 Å². The van der Waals surface area contributed by atoms with Gasteiger partial charge < -0.3 is 26.2 Å². The molecule has 1 aromatic carbocycles. The van der Waals surface area contributed by atoms with Crippen molar-refractivity contribution in [1.82, 2.24) is 9.80 Å². The van der Waals surface area contributed by atoms with E-state index in [9.17, 15) is 30.0 Å². The minimum atomic E-state index is -2.27. The van der Waals surface area contributed by atoms with Crippen LogP contribution in [0.4, 0.5) is 4.39 Å². The van der Waals surface area contributed by atoms with Crippen molar-refractivity contribution in [2.75, 3.05) is 21.1 Å². The summed E-state index contributed by atoms with van der Waals surface area (Å²) in [6.45, 7) is 4.05. The Labute approximate surface area is 220 Å². The lowest BCUT2D eigenvalue weighted by Crippen LogP contribution is -2.60. The highest BCUT2D eigenvalue weighted by Gasteiger charge is 2.60. The summed E-state index contributed by atoms with van der Waals surface area (Å²) in [5, 5.41) is 45.1. The fraction of sp³-hybridized carbons (Fsp3) is 0.500. The molecule has 38 heavy (non-hydrogen) atoms. The van der Waals surface area contributed by atoms with E-state index in [1.54, 1.807) is 19.0 Å². The van der Waals surface area contributed by atoms with E-state index < -0.39 is 52.3 Å². The third kappa shape index (κ3) is 3.54. The van der Waals surface area contributed by atoms with Gasteiger partial charge in [0.2, 0.25) is 0 Å². The summed E-state index contributed by atoms with van der Waals surface area (Å²) in [5.74, 6) is -5.49. The molecule has 0 saturated heterocycles. The highest BCUT2D eigenvalue weighted by molar-refractivity contribution is 6.13. The second-order valence-electron chi connectivity index (χ2n) is 11.3. The average Bonchev–Trinajstić information content (AvgIpc) is 2.77. The summed E-state index contributed by atoms with van der Waals surface area (Å²) in [7, 11) is 5.17. The highest BCUT2D eigenvalue weighted by Crippen LogP contribution is 2.55. The maximum atomic E-state index is 15.8. The Hall–Kier alpha value is -3.21. The number of halogens is 1. The zero-order valence-electron chi connectivity index (χ0n) is 21.8. The van der Waals surface area contributed by atoms with Gasteiger partial charge in [0.05, 0.1) is 17.2 Å². The summed E-state index contributed by atoms with van der Waals surface area (Å²) in [6, 6.07) is 0.673. The average molecular weight is 528 g/mol. The minimum absolute atomic E-state index is 0.00714. The van der Waals surface area contributed by atoms with Crippen LogP contribution >= 0.6 is 0 Å². The first-order valence-electron chi connectivity index (χ1n) is 12.8. The van der Waals surface area contributed by atoms with E-state index >= 15 is 4.39 Å². The Morgan fingerprint density at radius 1 is 1.24 bits per heavy atom. The van der Waals surface area contributed by atoms with Crippen LogP contribution in [0.3, 0.4) is 0 Å². The molecule has 1 saturated carbocycles. The maximum absolute atomic E-state index is 15.8. The molecule has 0 spiro atoms. The molecule has 4 atom stereocenters. The highest BCUT2D eigenvalue weighted by atomic mass is 19.1. The van der Waals surface area contributed by atoms with Gasteiger partial charge in [0, 0.05) is 40.8 Å². The van der Waals surface area contributed by atoms with Crippen LogP contribution < -0.4 is 5.73 Å². The Morgan fingerprint density at radius 2 is 1.89 bits per heavy atom. The summed E-state index contributed by atoms with van der Waals surface area (Å²) in [6.07, 6.45) is 3.27. The van der Waals surface area contributed by atoms with E-state index in [0.29, 0.717) is 6.04 Å². The third-order valence-corrected chi connectivity index (χ3v) is 9.04. The lowest BCUT2D eigenvalue weighted by molar-refractivity contribution is -0.115. The van der Waals surface area contributed by atoms with E-state index in [0.717, 1.165) is 19.3 Å². The molecule has 0 aromatic heterocycles. The fourth-order valence-corrected chi connectivity index (χ4v) is 6.86. The number of carbonyl (C=O) groups is 2. The predicted molar refractivity (Wildman–Crippen MR) is 137 cm³/mol. The monoisotopic (exact) mass is 527 g/mol. The van der Waals surface area contributed by atoms with Gasteiger partial charge in [-0.15, -0.1) is 0 Å². The number of Topliss-reactive ketones (excluding diaryl/α,β-unsaturated/α-hetero) is 1. The minimum Gasteiger partial charge on any atom is -0.510 e. The second kappa shape index (κ2) is 8.93. The Bertz CT molecular complexity index is 1330. The molecular weight excluding hydrogens is 493 g/mol. The van der Waals surface area contributed by atoms with Crippen molar-refractivity contribution in [2.24, 2.45) is 17.6 Å². The topological polar surface area (TPSA) is 148 Å². The van der Waals surface area contributed by atoms with Crippen molar-refractivity contribution in [3.63, 3.8) is 0 Å². The largest absolute Gasteiger partial charge is 0.510 e. The van der Waals surface area contributed by atoms with Gasteiger partial charge in [-0.05, 0) is 58.8 Å². The van der Waals surface area contributed by atoms with Gasteiger partial charge in [-0.1, -0.05) is 13.0 Å². The summed E-state index contributed by atoms with van der Waals surface area (Å²) >= 11 is 0. The molecule has 1 fully saturated rings. The molecule has 10 heteroatoms. The number of primary amides is 1. The number of hydrogen-bond donors (Lipinski definition) is 5. The van der Waals surface area contributed by atoms with Crippen LogP contribution in [-0.4, -0.2) is 80.7 Å². The molecule has 0 aliphatic heterocycles. The number of nitrogens with two attached hydrogens (primary N) is 1. The number of rotatable bonds is 5. The molecule has 1 aromatic rings. The molecule has 1 amide bonds. The van der Waals surface area contributed by atoms with E-state index in [1.165, 1.54) is 6.07 Å². The number of aliphatic hydroxyl groups is 3. The SMILES string of the molecule is C=C1C(C(N)=O)=C(O)[C@@H](N(C)C)[C@@H]2C[C@@H]3Cc4c(F)c(CN(C)C5CCC5)cc(O)c4C(=O)C3=C(O)[C@]12O. The first-order valence-corrected chi connectivity index (χ1v) is 12.8. The normalized spacial score (nSPS) is 29.4. The maximum Gasteiger partial charge on any atom is 0.252 e. The Kier molecular flexibility index (Phi) is 6.20. The number of ketones is 1. The molecular formula is C28H34FN3O6. The summed E-state index contributed by atoms with van der Waals surface area (Å²) < 4.78 is 15.8. The van der Waals surface area contributed by atoms with Crippen LogP contribution in [0.25, 0.3) is 0 Å². The van der Waals surface area contributed by atoms with Crippen molar-refractivity contribution in [3.05, 3.63) is 63.4 Å². The number of fused-ring (bicyclic) bond motifs is 3. The van der Waals surface area contributed by atoms with Gasteiger partial charge in [0.1, 0.15) is 23.1 Å². The van der Waals surface area contributed by atoms with Gasteiger partial charge in [-0.25, -0.2) is 4.39 Å². The number of phenolic OH excluding ortho intramolecular Hbond substituents is 1. The summed E-state index contributed by atoms with van der Waals surface area (Å²) in [5.41, 5.74) is 2.46. The van der Waals surface area contributed by atoms with E-state index in [1.807, 2.05) is 11.9 Å². The van der Waals surface area contributed by atoms with Gasteiger partial charge in [0.15, 0.2) is 11.4 Å². The van der Waals surface area contributed by atoms with E-state index in [-0.39, 0.29) is 58.7 Å². The Morgan fingerprint density at radius 3 is 2.45 bits per heavy atom. The molecule has 5 rings (SSSR count). The van der Waals surface area contributed by atoms with Crippen LogP contribution in [0, 0.1) is 17.7 Å². The van der Waals surface area contributed by atoms with Gasteiger partial charge >= 0.3 is 0 Å². The number of allylic oxidation sites excluding steroid dienone is 1. The smallest absolute Gasteiger partial charge is 0.252 e. The molecule has 9 nitrogen and oxygen atoms in total. The van der Waals surface area contributed by atoms with Crippen molar-refractivity contribution >= 4 is 11.7 Å². The van der Waals surface area contributed by atoms with Crippen molar-refractivity contribution < 1.29 is 34.4 Å². The van der Waals surface area contributed by atoms with E-state index in [4.69, 9.17) is 5.73 Å². The van der Waals surface area contributed by atoms with Gasteiger partial charge in [0.25, 0.3) is 5.91 Å². The number of aliphatic hydroxyl groups excluding tert-OH is 2. The number of hydrogen-bond acceptors (Lipinski definition) is 8. The molecule has 0 heterocycles. The number of aromatic hydroxyl groups is 1. The van der Waals surface area contributed by atoms with Crippen LogP contribution in [-0.2, 0) is 17.8 Å². The quantitative estimate of drug-likeness (QED) is 0.392. The zero-order valence-corrected chi connectivity index (χ0v) is 21.8. The zero-order chi connectivity index (χ0) is 27.8. The number of carbonyl (C=O) groups excluding carboxylic acids is 2. The number of likely N-dealkylation sites (N-methyl/N-ethyl adjacent to an activating group) is 1. The number of amides is 1. The standard InChI is InChI=1S/C28H34FN3O6/c1-12-19(27(30)37)25(35)23(31(2)3)17-9-13-8-16-21(24(34)20(13)26(36)28(12,17)38)18(33)10-14(22(16)29)11-32(4)15-6-5-7-15/h10,13,15,17,23,33,35-36,38H,1,5-9,11H2,2-4H3,(H2,30,37)/t13-,17-,23-,28-/m0/s1. The van der Waals surface area contributed by atoms with Gasteiger partial charge in [-0.3, -0.25) is 19.4 Å². The van der Waals surface area contributed by atoms with E-state index in [2.05, 4.69) is 6.58 Å². The first kappa shape index (κ1) is 26.4. The number of nitrogens with zero attached hydrogens (tertiary/aromatic N) is 2. The van der Waals surface area contributed by atoms with Crippen molar-refractivity contribution in [2.45, 2.75) is 56.3 Å². The molecule has 6 N–H and O–H groups in total. The van der Waals surface area contributed by atoms with Crippen LogP contribution in [0.2, 0.25) is 0 Å². The van der Waals surface area contributed by atoms with Crippen molar-refractivity contribution in [3.8, 4) is 5.75 Å². The lowest BCUT2D eigenvalue weighted by Gasteiger charge is -2.52. The number of phenols is 1. The second-order valence-corrected chi connectivity index (χ2v) is 11.3. The summed E-state index contributed by atoms with van der Waals surface area (Å²) in [4.78, 5) is 29.5. The molecule has 4 aliphatic carbocycles. The van der Waals surface area contributed by atoms with Crippen LogP contribution in [0.1, 0.15) is 47.2 Å². The van der Waals surface area contributed by atoms with Crippen molar-refractivity contribution in [1.29, 1.82) is 0 Å². The van der Waals surface area contributed by atoms with Crippen LogP contribution in [0.5, 0.6) is 5.75 Å². The number of benzene rings is 1. The Balaban J connectivity index is 1.62. The molecule has 4 aliphatic rings. The molecule has 0 radical (unpaired) electrons. The third-order valence-electron chi connectivity index (χ3n) is 9.04. The molecule has 0 bridgehead atoms. The molecule has 0 unspecified atom stereocenters. The van der Waals surface area contributed by atoms with Gasteiger partial charge in [-0.2, -0.15) is 0 Å².